The van der Waals surface area contributed by atoms with Gasteiger partial charge in [0.2, 0.25) is 0 Å². The number of benzene rings is 1. The highest BCUT2D eigenvalue weighted by molar-refractivity contribution is 5.95. The Balaban J connectivity index is 2.81. The summed E-state index contributed by atoms with van der Waals surface area (Å²) in [6, 6.07) is 6.33. The van der Waals surface area contributed by atoms with E-state index >= 15 is 0 Å². The zero-order chi connectivity index (χ0) is 15.7. The number of aromatic nitrogens is 2. The number of nitrogens with zero attached hydrogens (tertiary/aromatic N) is 2. The Morgan fingerprint density at radius 2 is 1.67 bits per heavy atom. The van der Waals surface area contributed by atoms with Crippen molar-refractivity contribution in [2.75, 3.05) is 0 Å². The largest absolute Gasteiger partial charge is 0.477 e. The smallest absolute Gasteiger partial charge is 0.341 e. The van der Waals surface area contributed by atoms with Gasteiger partial charge in [-0.15, -0.1) is 0 Å². The highest BCUT2D eigenvalue weighted by Crippen LogP contribution is 2.12. The van der Waals surface area contributed by atoms with Gasteiger partial charge in [-0.05, 0) is 43.2 Å². The maximum absolute atomic E-state index is 12.2. The molecule has 6 heteroatoms. The predicted octanol–water partition coefficient (Wildman–Crippen LogP) is 1.75. The molecule has 108 valence electrons. The molecule has 2 aromatic rings. The number of carbonyl (C=O) groups excluding carboxylic acids is 1. The lowest BCUT2D eigenvalue weighted by atomic mass is 10.1. The van der Waals surface area contributed by atoms with Crippen molar-refractivity contribution in [2.24, 2.45) is 0 Å². The van der Waals surface area contributed by atoms with Crippen LogP contribution in [-0.4, -0.2) is 26.6 Å². The van der Waals surface area contributed by atoms with Gasteiger partial charge in [0.15, 0.2) is 5.78 Å². The first-order chi connectivity index (χ1) is 9.79. The van der Waals surface area contributed by atoms with E-state index in [2.05, 4.69) is 5.10 Å². The lowest BCUT2D eigenvalue weighted by Crippen LogP contribution is -2.29. The minimum atomic E-state index is -1.39. The standard InChI is InChI=1S/C15H14N2O4/c1-8-4-9(2)6-11(5-8)17-14(19)12(15(20)21)7-13(16-17)10(3)18/h4-7H,1-3H3,(H,20,21). The van der Waals surface area contributed by atoms with Crippen LogP contribution in [0.15, 0.2) is 29.1 Å². The van der Waals surface area contributed by atoms with Crippen LogP contribution >= 0.6 is 0 Å². The van der Waals surface area contributed by atoms with Crippen molar-refractivity contribution in [3.8, 4) is 5.69 Å². The molecule has 21 heavy (non-hydrogen) atoms. The Labute approximate surface area is 120 Å². The molecular formula is C15H14N2O4. The number of carbonyl (C=O) groups is 2. The molecule has 0 saturated carbocycles. The number of carboxylic acid groups (broad SMARTS) is 1. The Hall–Kier alpha value is -2.76. The Morgan fingerprint density at radius 1 is 1.10 bits per heavy atom. The zero-order valence-corrected chi connectivity index (χ0v) is 11.9. The quantitative estimate of drug-likeness (QED) is 0.868. The first-order valence-corrected chi connectivity index (χ1v) is 6.27. The van der Waals surface area contributed by atoms with Crippen LogP contribution in [0.2, 0.25) is 0 Å². The summed E-state index contributed by atoms with van der Waals surface area (Å²) in [5, 5.41) is 13.1. The normalized spacial score (nSPS) is 10.4. The third-order valence-electron chi connectivity index (χ3n) is 2.95. The molecular weight excluding hydrogens is 272 g/mol. The Bertz CT molecular complexity index is 786. The zero-order valence-electron chi connectivity index (χ0n) is 11.9. The second-order valence-electron chi connectivity index (χ2n) is 4.87. The lowest BCUT2D eigenvalue weighted by Gasteiger charge is -2.09. The van der Waals surface area contributed by atoms with Gasteiger partial charge >= 0.3 is 5.97 Å². The summed E-state index contributed by atoms with van der Waals surface area (Å²) in [4.78, 5) is 34.9. The molecule has 0 atom stereocenters. The number of hydrogen-bond acceptors (Lipinski definition) is 4. The number of hydrogen-bond donors (Lipinski definition) is 1. The third-order valence-corrected chi connectivity index (χ3v) is 2.95. The van der Waals surface area contributed by atoms with Crippen molar-refractivity contribution in [3.63, 3.8) is 0 Å². The number of carboxylic acids is 1. The van der Waals surface area contributed by atoms with Gasteiger partial charge in [-0.2, -0.15) is 9.78 Å². The molecule has 0 unspecified atom stereocenters. The molecule has 0 saturated heterocycles. The van der Waals surface area contributed by atoms with Gasteiger partial charge in [0.05, 0.1) is 5.69 Å². The van der Waals surface area contributed by atoms with E-state index in [0.717, 1.165) is 21.9 Å². The molecule has 1 aromatic carbocycles. The number of Topliss-reactive ketones (excluding diaryl/α,β-unsaturated/α-hetero) is 1. The molecule has 0 fully saturated rings. The Kier molecular flexibility index (Phi) is 3.71. The maximum Gasteiger partial charge on any atom is 0.341 e. The van der Waals surface area contributed by atoms with E-state index < -0.39 is 22.9 Å². The molecule has 0 aliphatic heterocycles. The van der Waals surface area contributed by atoms with Crippen LogP contribution in [0.25, 0.3) is 5.69 Å². The van der Waals surface area contributed by atoms with Gasteiger partial charge in [-0.1, -0.05) is 6.07 Å². The van der Waals surface area contributed by atoms with Crippen molar-refractivity contribution in [1.29, 1.82) is 0 Å². The number of rotatable bonds is 3. The lowest BCUT2D eigenvalue weighted by molar-refractivity contribution is 0.0694. The van der Waals surface area contributed by atoms with Gasteiger partial charge in [-0.3, -0.25) is 9.59 Å². The topological polar surface area (TPSA) is 89.3 Å². The van der Waals surface area contributed by atoms with Gasteiger partial charge in [-0.25, -0.2) is 4.79 Å². The monoisotopic (exact) mass is 286 g/mol. The van der Waals surface area contributed by atoms with Crippen LogP contribution in [0, 0.1) is 13.8 Å². The minimum absolute atomic E-state index is 0.0637. The second-order valence-corrected chi connectivity index (χ2v) is 4.87. The van der Waals surface area contributed by atoms with Crippen molar-refractivity contribution in [3.05, 3.63) is 57.0 Å². The first-order valence-electron chi connectivity index (χ1n) is 6.27. The minimum Gasteiger partial charge on any atom is -0.477 e. The average Bonchev–Trinajstić information content (AvgIpc) is 2.36. The summed E-state index contributed by atoms with van der Waals surface area (Å²) in [6.45, 7) is 4.98. The molecule has 0 aliphatic carbocycles. The van der Waals surface area contributed by atoms with E-state index in [4.69, 9.17) is 5.11 Å². The van der Waals surface area contributed by atoms with Crippen molar-refractivity contribution < 1.29 is 14.7 Å². The van der Waals surface area contributed by atoms with Crippen LogP contribution in [0.3, 0.4) is 0 Å². The molecule has 0 spiro atoms. The van der Waals surface area contributed by atoms with E-state index in [1.54, 1.807) is 12.1 Å². The van der Waals surface area contributed by atoms with E-state index in [1.165, 1.54) is 6.92 Å². The number of ketones is 1. The second kappa shape index (κ2) is 5.32. The number of aryl methyl sites for hydroxylation is 2. The van der Waals surface area contributed by atoms with Gasteiger partial charge in [0, 0.05) is 6.92 Å². The summed E-state index contributed by atoms with van der Waals surface area (Å²) in [6.07, 6.45) is 0. The summed E-state index contributed by atoms with van der Waals surface area (Å²) in [5.41, 5.74) is 0.939. The van der Waals surface area contributed by atoms with Crippen LogP contribution in [0.5, 0.6) is 0 Å². The SMILES string of the molecule is CC(=O)c1cc(C(=O)O)c(=O)n(-c2cc(C)cc(C)c2)n1. The predicted molar refractivity (Wildman–Crippen MR) is 76.3 cm³/mol. The highest BCUT2D eigenvalue weighted by Gasteiger charge is 2.17. The van der Waals surface area contributed by atoms with Crippen LogP contribution in [-0.2, 0) is 0 Å². The third kappa shape index (κ3) is 2.89. The molecule has 2 rings (SSSR count). The fourth-order valence-electron chi connectivity index (χ4n) is 2.07. The number of aromatic carboxylic acids is 1. The molecule has 0 aliphatic rings. The summed E-state index contributed by atoms with van der Waals surface area (Å²) >= 11 is 0. The van der Waals surface area contributed by atoms with Crippen molar-refractivity contribution in [1.82, 2.24) is 9.78 Å². The van der Waals surface area contributed by atoms with E-state index in [1.807, 2.05) is 19.9 Å². The van der Waals surface area contributed by atoms with E-state index in [-0.39, 0.29) is 5.69 Å². The fraction of sp³-hybridized carbons (Fsp3) is 0.200. The molecule has 0 radical (unpaired) electrons. The molecule has 0 amide bonds. The van der Waals surface area contributed by atoms with E-state index in [9.17, 15) is 14.4 Å². The highest BCUT2D eigenvalue weighted by atomic mass is 16.4. The summed E-state index contributed by atoms with van der Waals surface area (Å²) < 4.78 is 0.959. The fourth-order valence-corrected chi connectivity index (χ4v) is 2.07. The van der Waals surface area contributed by atoms with Crippen LogP contribution < -0.4 is 5.56 Å². The van der Waals surface area contributed by atoms with E-state index in [0.29, 0.717) is 5.69 Å². The molecule has 1 aromatic heterocycles. The summed E-state index contributed by atoms with van der Waals surface area (Å²) in [5.74, 6) is -1.79. The van der Waals surface area contributed by atoms with Crippen molar-refractivity contribution in [2.45, 2.75) is 20.8 Å². The van der Waals surface area contributed by atoms with Crippen LogP contribution in [0.4, 0.5) is 0 Å². The summed E-state index contributed by atoms with van der Waals surface area (Å²) in [7, 11) is 0. The molecule has 0 bridgehead atoms. The molecule has 1 heterocycles. The van der Waals surface area contributed by atoms with Gasteiger partial charge in [0.25, 0.3) is 5.56 Å². The first kappa shape index (κ1) is 14.6. The molecule has 6 nitrogen and oxygen atoms in total. The molecule has 1 N–H and O–H groups in total. The van der Waals surface area contributed by atoms with Gasteiger partial charge in [0.1, 0.15) is 11.3 Å². The van der Waals surface area contributed by atoms with Crippen molar-refractivity contribution >= 4 is 11.8 Å². The Morgan fingerprint density at radius 3 is 2.14 bits per heavy atom. The van der Waals surface area contributed by atoms with Gasteiger partial charge < -0.3 is 5.11 Å². The average molecular weight is 286 g/mol. The van der Waals surface area contributed by atoms with Crippen LogP contribution in [0.1, 0.15) is 38.9 Å². The maximum atomic E-state index is 12.2.